The summed E-state index contributed by atoms with van der Waals surface area (Å²) in [6.45, 7) is 5.38. The number of carbonyl (C=O) groups is 2. The largest absolute Gasteiger partial charge is 0.357 e. The third-order valence-electron chi connectivity index (χ3n) is 7.17. The second kappa shape index (κ2) is 13.5. The Kier molecular flexibility index (Phi) is 9.80. The average molecular weight is 584 g/mol. The minimum Gasteiger partial charge on any atom is -0.357 e. The number of amides is 2. The molecule has 218 valence electrons. The van der Waals surface area contributed by atoms with E-state index in [1.807, 2.05) is 81.4 Å². The Morgan fingerprint density at radius 3 is 1.95 bits per heavy atom. The van der Waals surface area contributed by atoms with Crippen molar-refractivity contribution in [2.75, 3.05) is 17.9 Å². The predicted molar refractivity (Wildman–Crippen MR) is 167 cm³/mol. The molecule has 8 heteroatoms. The number of sulfonamides is 1. The number of rotatable bonds is 11. The van der Waals surface area contributed by atoms with Gasteiger partial charge < -0.3 is 10.2 Å². The summed E-state index contributed by atoms with van der Waals surface area (Å²) in [5.41, 5.74) is 4.94. The van der Waals surface area contributed by atoms with Gasteiger partial charge in [-0.2, -0.15) is 0 Å². The number of nitrogens with zero attached hydrogens (tertiary/aromatic N) is 2. The molecular weight excluding hydrogens is 546 g/mol. The van der Waals surface area contributed by atoms with E-state index in [4.69, 9.17) is 0 Å². The summed E-state index contributed by atoms with van der Waals surface area (Å²) in [6, 6.07) is 29.9. The van der Waals surface area contributed by atoms with Gasteiger partial charge in [-0.15, -0.1) is 0 Å². The van der Waals surface area contributed by atoms with Crippen LogP contribution < -0.4 is 9.62 Å². The van der Waals surface area contributed by atoms with Crippen LogP contribution in [0, 0.1) is 20.8 Å². The summed E-state index contributed by atoms with van der Waals surface area (Å²) in [5, 5.41) is 2.70. The molecule has 0 radical (unpaired) electrons. The van der Waals surface area contributed by atoms with Gasteiger partial charge in [-0.25, -0.2) is 8.42 Å². The maximum atomic E-state index is 14.3. The molecule has 0 heterocycles. The lowest BCUT2D eigenvalue weighted by molar-refractivity contribution is -0.139. The van der Waals surface area contributed by atoms with Crippen LogP contribution >= 0.6 is 0 Å². The second-order valence-corrected chi connectivity index (χ2v) is 12.4. The van der Waals surface area contributed by atoms with Gasteiger partial charge in [-0.05, 0) is 61.7 Å². The SMILES string of the molecule is CNC(=O)[C@H](Cc1ccccc1)N(Cc1ccc(C)cc1)C(=O)CN(c1cccc(C)c1)S(=O)(=O)c1ccc(C)cc1. The molecule has 0 spiro atoms. The molecule has 0 saturated heterocycles. The summed E-state index contributed by atoms with van der Waals surface area (Å²) in [5.74, 6) is -0.819. The number of anilines is 1. The Labute approximate surface area is 248 Å². The Morgan fingerprint density at radius 1 is 0.738 bits per heavy atom. The minimum atomic E-state index is -4.12. The molecule has 0 aromatic heterocycles. The molecular formula is C34H37N3O4S. The highest BCUT2D eigenvalue weighted by molar-refractivity contribution is 7.92. The predicted octanol–water partition coefficient (Wildman–Crippen LogP) is 5.19. The third kappa shape index (κ3) is 7.44. The van der Waals surface area contributed by atoms with Gasteiger partial charge in [-0.3, -0.25) is 13.9 Å². The molecule has 2 amide bonds. The quantitative estimate of drug-likeness (QED) is 0.263. The number of hydrogen-bond acceptors (Lipinski definition) is 4. The normalized spacial score (nSPS) is 11.9. The first-order valence-corrected chi connectivity index (χ1v) is 15.3. The molecule has 0 unspecified atom stereocenters. The minimum absolute atomic E-state index is 0.0830. The molecule has 4 aromatic carbocycles. The highest BCUT2D eigenvalue weighted by Gasteiger charge is 2.34. The first-order valence-electron chi connectivity index (χ1n) is 13.8. The zero-order chi connectivity index (χ0) is 30.3. The van der Waals surface area contributed by atoms with E-state index in [0.29, 0.717) is 5.69 Å². The van der Waals surface area contributed by atoms with E-state index in [-0.39, 0.29) is 23.8 Å². The maximum absolute atomic E-state index is 14.3. The van der Waals surface area contributed by atoms with Crippen molar-refractivity contribution in [2.24, 2.45) is 0 Å². The van der Waals surface area contributed by atoms with Crippen molar-refractivity contribution < 1.29 is 18.0 Å². The van der Waals surface area contributed by atoms with Crippen LogP contribution in [0.3, 0.4) is 0 Å². The van der Waals surface area contributed by atoms with Crippen molar-refractivity contribution in [1.29, 1.82) is 0 Å². The Hall–Kier alpha value is -4.43. The molecule has 7 nitrogen and oxygen atoms in total. The van der Waals surface area contributed by atoms with Crippen LogP contribution in [0.1, 0.15) is 27.8 Å². The van der Waals surface area contributed by atoms with Gasteiger partial charge in [0.1, 0.15) is 12.6 Å². The highest BCUT2D eigenvalue weighted by atomic mass is 32.2. The molecule has 0 aliphatic heterocycles. The van der Waals surface area contributed by atoms with Gasteiger partial charge >= 0.3 is 0 Å². The van der Waals surface area contributed by atoms with Crippen molar-refractivity contribution in [3.63, 3.8) is 0 Å². The van der Waals surface area contributed by atoms with Gasteiger partial charge in [-0.1, -0.05) is 90.0 Å². The van der Waals surface area contributed by atoms with E-state index in [1.165, 1.54) is 11.9 Å². The molecule has 0 fully saturated rings. The van der Waals surface area contributed by atoms with Crippen LogP contribution in [0.5, 0.6) is 0 Å². The Morgan fingerprint density at radius 2 is 1.36 bits per heavy atom. The lowest BCUT2D eigenvalue weighted by atomic mass is 10.0. The molecule has 0 aliphatic rings. The van der Waals surface area contributed by atoms with Crippen LogP contribution in [0.25, 0.3) is 0 Å². The highest BCUT2D eigenvalue weighted by Crippen LogP contribution is 2.26. The van der Waals surface area contributed by atoms with Crippen LogP contribution in [0.2, 0.25) is 0 Å². The number of hydrogen-bond donors (Lipinski definition) is 1. The molecule has 42 heavy (non-hydrogen) atoms. The van der Waals surface area contributed by atoms with Crippen LogP contribution in [-0.4, -0.2) is 44.8 Å². The van der Waals surface area contributed by atoms with Crippen LogP contribution in [0.15, 0.2) is 108 Å². The zero-order valence-corrected chi connectivity index (χ0v) is 25.3. The van der Waals surface area contributed by atoms with Gasteiger partial charge in [0.15, 0.2) is 0 Å². The summed E-state index contributed by atoms with van der Waals surface area (Å²) in [6.07, 6.45) is 0.271. The van der Waals surface area contributed by atoms with E-state index in [2.05, 4.69) is 5.32 Å². The average Bonchev–Trinajstić information content (AvgIpc) is 2.98. The maximum Gasteiger partial charge on any atom is 0.264 e. The van der Waals surface area contributed by atoms with Crippen LogP contribution in [0.4, 0.5) is 5.69 Å². The van der Waals surface area contributed by atoms with E-state index >= 15 is 0 Å². The third-order valence-corrected chi connectivity index (χ3v) is 8.96. The summed E-state index contributed by atoms with van der Waals surface area (Å²) >= 11 is 0. The van der Waals surface area contributed by atoms with Crippen molar-refractivity contribution in [1.82, 2.24) is 10.2 Å². The molecule has 1 N–H and O–H groups in total. The van der Waals surface area contributed by atoms with Gasteiger partial charge in [0.05, 0.1) is 10.6 Å². The summed E-state index contributed by atoms with van der Waals surface area (Å²) in [7, 11) is -2.58. The number of nitrogens with one attached hydrogen (secondary N) is 1. The van der Waals surface area contributed by atoms with Crippen molar-refractivity contribution in [3.05, 3.63) is 131 Å². The lowest BCUT2D eigenvalue weighted by Gasteiger charge is -2.33. The van der Waals surface area contributed by atoms with Gasteiger partial charge in [0.25, 0.3) is 10.0 Å². The summed E-state index contributed by atoms with van der Waals surface area (Å²) in [4.78, 5) is 29.2. The topological polar surface area (TPSA) is 86.8 Å². The number of carbonyl (C=O) groups excluding carboxylic acids is 2. The van der Waals surface area contributed by atoms with E-state index in [9.17, 15) is 18.0 Å². The second-order valence-electron chi connectivity index (χ2n) is 10.5. The lowest BCUT2D eigenvalue weighted by Crippen LogP contribution is -2.53. The van der Waals surface area contributed by atoms with Crippen molar-refractivity contribution >= 4 is 27.5 Å². The van der Waals surface area contributed by atoms with Gasteiger partial charge in [0, 0.05) is 20.0 Å². The van der Waals surface area contributed by atoms with E-state index in [0.717, 1.165) is 32.1 Å². The first-order chi connectivity index (χ1) is 20.1. The smallest absolute Gasteiger partial charge is 0.264 e. The molecule has 0 bridgehead atoms. The number of aryl methyl sites for hydroxylation is 3. The van der Waals surface area contributed by atoms with Crippen molar-refractivity contribution in [2.45, 2.75) is 44.7 Å². The van der Waals surface area contributed by atoms with E-state index in [1.54, 1.807) is 42.5 Å². The Balaban J connectivity index is 1.78. The fraction of sp³-hybridized carbons (Fsp3) is 0.235. The fourth-order valence-electron chi connectivity index (χ4n) is 4.76. The first kappa shape index (κ1) is 30.5. The monoisotopic (exact) mass is 583 g/mol. The number of benzene rings is 4. The molecule has 4 aromatic rings. The zero-order valence-electron chi connectivity index (χ0n) is 24.4. The van der Waals surface area contributed by atoms with E-state index < -0.39 is 28.5 Å². The summed E-state index contributed by atoms with van der Waals surface area (Å²) < 4.78 is 29.2. The fourth-order valence-corrected chi connectivity index (χ4v) is 6.17. The molecule has 4 rings (SSSR count). The molecule has 0 aliphatic carbocycles. The van der Waals surface area contributed by atoms with Gasteiger partial charge in [0.2, 0.25) is 11.8 Å². The standard InChI is InChI=1S/C34H37N3O4S/c1-25-13-17-29(18-14-25)23-36(32(34(39)35-4)22-28-10-6-5-7-11-28)33(38)24-37(30-12-8-9-27(3)21-30)42(40,41)31-19-15-26(2)16-20-31/h5-21,32H,22-24H2,1-4H3,(H,35,39)/t32-/m0/s1. The van der Waals surface area contributed by atoms with Crippen LogP contribution in [-0.2, 0) is 32.6 Å². The molecule has 0 saturated carbocycles. The number of likely N-dealkylation sites (N-methyl/N-ethyl adjacent to an activating group) is 1. The Bertz CT molecular complexity index is 1620. The van der Waals surface area contributed by atoms with Crippen molar-refractivity contribution in [3.8, 4) is 0 Å². The molecule has 1 atom stereocenters.